The number of fused-ring (bicyclic) bond motifs is 1. The molecule has 0 spiro atoms. The highest BCUT2D eigenvalue weighted by Crippen LogP contribution is 2.19. The standard InChI is InChI=1S/C20H26N4O2S/c1-3-22-20(24-13-12-17-6-4-5-7-18(17)15-24)23-14-16-8-10-19(11-9-16)27(25,26)21-2/h4-11,21H,3,12-15H2,1-2H3,(H,22,23). The largest absolute Gasteiger partial charge is 0.356 e. The molecular weight excluding hydrogens is 360 g/mol. The van der Waals surface area contributed by atoms with E-state index in [1.54, 1.807) is 12.1 Å². The van der Waals surface area contributed by atoms with Crippen LogP contribution < -0.4 is 10.0 Å². The lowest BCUT2D eigenvalue weighted by Crippen LogP contribution is -2.44. The SMILES string of the molecule is CCNC(=NCc1ccc(S(=O)(=O)NC)cc1)N1CCc2ccccc2C1. The zero-order valence-electron chi connectivity index (χ0n) is 15.8. The van der Waals surface area contributed by atoms with E-state index in [0.29, 0.717) is 6.54 Å². The Hall–Kier alpha value is -2.38. The third-order valence-corrected chi connectivity index (χ3v) is 6.11. The van der Waals surface area contributed by atoms with E-state index >= 15 is 0 Å². The Balaban J connectivity index is 1.73. The molecule has 6 nitrogen and oxygen atoms in total. The molecule has 0 unspecified atom stereocenters. The van der Waals surface area contributed by atoms with Crippen molar-refractivity contribution < 1.29 is 8.42 Å². The average molecular weight is 387 g/mol. The molecule has 0 atom stereocenters. The number of benzene rings is 2. The summed E-state index contributed by atoms with van der Waals surface area (Å²) >= 11 is 0. The Labute approximate surface area is 161 Å². The van der Waals surface area contributed by atoms with Gasteiger partial charge in [0, 0.05) is 19.6 Å². The summed E-state index contributed by atoms with van der Waals surface area (Å²) in [6.07, 6.45) is 1.01. The molecule has 0 amide bonds. The molecular formula is C20H26N4O2S. The van der Waals surface area contributed by atoms with Crippen molar-refractivity contribution in [1.82, 2.24) is 14.9 Å². The third-order valence-electron chi connectivity index (χ3n) is 4.68. The zero-order valence-corrected chi connectivity index (χ0v) is 16.6. The van der Waals surface area contributed by atoms with Crippen molar-refractivity contribution in [3.63, 3.8) is 0 Å². The van der Waals surface area contributed by atoms with Crippen molar-refractivity contribution in [2.75, 3.05) is 20.1 Å². The Morgan fingerprint density at radius 2 is 1.81 bits per heavy atom. The maximum atomic E-state index is 11.8. The number of hydrogen-bond acceptors (Lipinski definition) is 3. The number of sulfonamides is 1. The van der Waals surface area contributed by atoms with Crippen molar-refractivity contribution in [1.29, 1.82) is 0 Å². The van der Waals surface area contributed by atoms with Crippen molar-refractivity contribution in [3.05, 3.63) is 65.2 Å². The maximum absolute atomic E-state index is 11.8. The lowest BCUT2D eigenvalue weighted by Gasteiger charge is -2.31. The fourth-order valence-electron chi connectivity index (χ4n) is 3.16. The monoisotopic (exact) mass is 386 g/mol. The predicted octanol–water partition coefficient (Wildman–Crippen LogP) is 2.12. The lowest BCUT2D eigenvalue weighted by molar-refractivity contribution is 0.378. The minimum absolute atomic E-state index is 0.261. The van der Waals surface area contributed by atoms with Crippen molar-refractivity contribution in [2.45, 2.75) is 31.3 Å². The van der Waals surface area contributed by atoms with Gasteiger partial charge in [-0.25, -0.2) is 18.1 Å². The van der Waals surface area contributed by atoms with Gasteiger partial charge in [0.1, 0.15) is 0 Å². The van der Waals surface area contributed by atoms with Crippen LogP contribution >= 0.6 is 0 Å². The van der Waals surface area contributed by atoms with Crippen molar-refractivity contribution in [3.8, 4) is 0 Å². The summed E-state index contributed by atoms with van der Waals surface area (Å²) in [5.41, 5.74) is 3.72. The summed E-state index contributed by atoms with van der Waals surface area (Å²) in [4.78, 5) is 7.29. The summed E-state index contributed by atoms with van der Waals surface area (Å²) in [5.74, 6) is 0.888. The van der Waals surface area contributed by atoms with Crippen LogP contribution in [0.2, 0.25) is 0 Å². The lowest BCUT2D eigenvalue weighted by atomic mass is 10.0. The van der Waals surface area contributed by atoms with Crippen LogP contribution in [0.1, 0.15) is 23.6 Å². The van der Waals surface area contributed by atoms with Gasteiger partial charge < -0.3 is 10.2 Å². The van der Waals surface area contributed by atoms with E-state index in [1.165, 1.54) is 18.2 Å². The van der Waals surface area contributed by atoms with Gasteiger partial charge in [0.15, 0.2) is 5.96 Å². The van der Waals surface area contributed by atoms with Crippen LogP contribution in [-0.2, 0) is 29.5 Å². The van der Waals surface area contributed by atoms with E-state index in [4.69, 9.17) is 4.99 Å². The van der Waals surface area contributed by atoms with Gasteiger partial charge in [-0.15, -0.1) is 0 Å². The van der Waals surface area contributed by atoms with E-state index in [-0.39, 0.29) is 4.90 Å². The van der Waals surface area contributed by atoms with E-state index in [0.717, 1.165) is 37.6 Å². The molecule has 0 aliphatic carbocycles. The molecule has 144 valence electrons. The number of nitrogens with zero attached hydrogens (tertiary/aromatic N) is 2. The number of guanidine groups is 1. The number of aliphatic imine (C=N–C) groups is 1. The van der Waals surface area contributed by atoms with Gasteiger partial charge in [-0.3, -0.25) is 0 Å². The zero-order chi connectivity index (χ0) is 19.3. The first kappa shape index (κ1) is 19.4. The van der Waals surface area contributed by atoms with E-state index < -0.39 is 10.0 Å². The summed E-state index contributed by atoms with van der Waals surface area (Å²) in [7, 11) is -2.00. The van der Waals surface area contributed by atoms with Crippen LogP contribution in [0.25, 0.3) is 0 Å². The Bertz CT molecular complexity index is 908. The molecule has 0 radical (unpaired) electrons. The number of nitrogens with one attached hydrogen (secondary N) is 2. The average Bonchev–Trinajstić information content (AvgIpc) is 2.71. The molecule has 1 heterocycles. The Kier molecular flexibility index (Phi) is 6.13. The summed E-state index contributed by atoms with van der Waals surface area (Å²) in [6, 6.07) is 15.4. The minimum atomic E-state index is -3.41. The Morgan fingerprint density at radius 1 is 1.11 bits per heavy atom. The second-order valence-electron chi connectivity index (χ2n) is 6.46. The number of hydrogen-bond donors (Lipinski definition) is 2. The van der Waals surface area contributed by atoms with E-state index in [9.17, 15) is 8.42 Å². The summed E-state index contributed by atoms with van der Waals surface area (Å²) < 4.78 is 26.0. The molecule has 2 N–H and O–H groups in total. The van der Waals surface area contributed by atoms with Gasteiger partial charge in [0.2, 0.25) is 10.0 Å². The van der Waals surface area contributed by atoms with Crippen molar-refractivity contribution >= 4 is 16.0 Å². The Morgan fingerprint density at radius 3 is 2.48 bits per heavy atom. The van der Waals surface area contributed by atoms with Gasteiger partial charge in [0.25, 0.3) is 0 Å². The molecule has 0 aromatic heterocycles. The van der Waals surface area contributed by atoms with Gasteiger partial charge in [-0.2, -0.15) is 0 Å². The predicted molar refractivity (Wildman–Crippen MR) is 108 cm³/mol. The molecule has 0 saturated carbocycles. The van der Waals surface area contributed by atoms with Crippen LogP contribution in [0.3, 0.4) is 0 Å². The molecule has 2 aromatic carbocycles. The minimum Gasteiger partial charge on any atom is -0.356 e. The second-order valence-corrected chi connectivity index (χ2v) is 8.35. The van der Waals surface area contributed by atoms with Crippen LogP contribution in [0.4, 0.5) is 0 Å². The maximum Gasteiger partial charge on any atom is 0.240 e. The molecule has 0 bridgehead atoms. The van der Waals surface area contributed by atoms with Gasteiger partial charge >= 0.3 is 0 Å². The van der Waals surface area contributed by atoms with Crippen LogP contribution in [0.5, 0.6) is 0 Å². The van der Waals surface area contributed by atoms with Gasteiger partial charge in [-0.1, -0.05) is 36.4 Å². The first-order valence-electron chi connectivity index (χ1n) is 9.16. The number of rotatable bonds is 5. The fourth-order valence-corrected chi connectivity index (χ4v) is 3.89. The highest BCUT2D eigenvalue weighted by molar-refractivity contribution is 7.89. The first-order valence-corrected chi connectivity index (χ1v) is 10.6. The molecule has 0 saturated heterocycles. The molecule has 2 aromatic rings. The van der Waals surface area contributed by atoms with Gasteiger partial charge in [-0.05, 0) is 49.2 Å². The molecule has 1 aliphatic rings. The molecule has 7 heteroatoms. The fraction of sp³-hybridized carbons (Fsp3) is 0.350. The normalized spacial score (nSPS) is 14.7. The molecule has 27 heavy (non-hydrogen) atoms. The molecule has 0 fully saturated rings. The first-order chi connectivity index (χ1) is 13.0. The molecule has 1 aliphatic heterocycles. The second kappa shape index (κ2) is 8.54. The highest BCUT2D eigenvalue weighted by atomic mass is 32.2. The smallest absolute Gasteiger partial charge is 0.240 e. The quantitative estimate of drug-likeness (QED) is 0.610. The van der Waals surface area contributed by atoms with Crippen LogP contribution in [0, 0.1) is 0 Å². The van der Waals surface area contributed by atoms with Crippen LogP contribution in [0.15, 0.2) is 58.4 Å². The van der Waals surface area contributed by atoms with Crippen molar-refractivity contribution in [2.24, 2.45) is 4.99 Å². The molecule has 3 rings (SSSR count). The van der Waals surface area contributed by atoms with Gasteiger partial charge in [0.05, 0.1) is 11.4 Å². The van der Waals surface area contributed by atoms with Crippen LogP contribution in [-0.4, -0.2) is 39.4 Å². The van der Waals surface area contributed by atoms with E-state index in [2.05, 4.69) is 46.1 Å². The summed E-state index contributed by atoms with van der Waals surface area (Å²) in [6.45, 7) is 5.14. The summed E-state index contributed by atoms with van der Waals surface area (Å²) in [5, 5.41) is 3.37. The highest BCUT2D eigenvalue weighted by Gasteiger charge is 2.18. The van der Waals surface area contributed by atoms with E-state index in [1.807, 2.05) is 12.1 Å². The third kappa shape index (κ3) is 4.67. The topological polar surface area (TPSA) is 73.8 Å².